The van der Waals surface area contributed by atoms with Crippen molar-refractivity contribution in [3.05, 3.63) is 47.7 Å². The van der Waals surface area contributed by atoms with Gasteiger partial charge in [-0.2, -0.15) is 0 Å². The molecule has 2 aliphatic heterocycles. The summed E-state index contributed by atoms with van der Waals surface area (Å²) in [6, 6.07) is 8.84. The lowest BCUT2D eigenvalue weighted by atomic mass is 10.0. The molecule has 3 aliphatic rings. The zero-order chi connectivity index (χ0) is 19.5. The first kappa shape index (κ1) is 17.2. The van der Waals surface area contributed by atoms with E-state index in [9.17, 15) is 9.59 Å². The van der Waals surface area contributed by atoms with Gasteiger partial charge >= 0.3 is 6.03 Å². The maximum absolute atomic E-state index is 12.4. The van der Waals surface area contributed by atoms with Crippen LogP contribution in [0.25, 0.3) is 0 Å². The summed E-state index contributed by atoms with van der Waals surface area (Å²) < 4.78 is 11.8. The number of pyridine rings is 1. The van der Waals surface area contributed by atoms with Gasteiger partial charge in [0.1, 0.15) is 11.3 Å². The molecular formula is C21H21N3O4. The van der Waals surface area contributed by atoms with Crippen LogP contribution in [0.2, 0.25) is 0 Å². The highest BCUT2D eigenvalue weighted by atomic mass is 16.5. The zero-order valence-electron chi connectivity index (χ0n) is 15.8. The average molecular weight is 379 g/mol. The first-order chi connectivity index (χ1) is 13.4. The molecule has 1 N–H and O–H groups in total. The van der Waals surface area contributed by atoms with Gasteiger partial charge in [0.15, 0.2) is 0 Å². The Balaban J connectivity index is 1.34. The van der Waals surface area contributed by atoms with Crippen molar-refractivity contribution in [2.24, 2.45) is 5.92 Å². The van der Waals surface area contributed by atoms with E-state index in [1.54, 1.807) is 26.0 Å². The number of carbonyl (C=O) groups excluding carboxylic acids is 2. The lowest BCUT2D eigenvalue weighted by molar-refractivity contribution is -0.121. The van der Waals surface area contributed by atoms with Crippen molar-refractivity contribution in [3.63, 3.8) is 0 Å². The third kappa shape index (κ3) is 2.82. The van der Waals surface area contributed by atoms with Gasteiger partial charge in [0.2, 0.25) is 5.88 Å². The van der Waals surface area contributed by atoms with Crippen molar-refractivity contribution in [1.29, 1.82) is 0 Å². The van der Waals surface area contributed by atoms with Crippen LogP contribution in [0, 0.1) is 5.92 Å². The van der Waals surface area contributed by atoms with Crippen molar-refractivity contribution >= 4 is 17.6 Å². The molecule has 7 nitrogen and oxygen atoms in total. The van der Waals surface area contributed by atoms with Crippen molar-refractivity contribution in [2.75, 3.05) is 4.90 Å². The minimum absolute atomic E-state index is 0.178. The van der Waals surface area contributed by atoms with Crippen molar-refractivity contribution < 1.29 is 19.1 Å². The minimum Gasteiger partial charge on any atom is -0.439 e. The molecule has 1 aromatic carbocycles. The summed E-state index contributed by atoms with van der Waals surface area (Å²) in [6.45, 7) is 4.00. The fraction of sp³-hybridized carbons (Fsp3) is 0.381. The van der Waals surface area contributed by atoms with E-state index in [0.717, 1.165) is 4.90 Å². The summed E-state index contributed by atoms with van der Waals surface area (Å²) in [5.41, 5.74) is 1.92. The number of fused-ring (bicyclic) bond motifs is 1. The third-order valence-corrected chi connectivity index (χ3v) is 5.45. The number of ether oxygens (including phenoxy) is 2. The Morgan fingerprint density at radius 1 is 1.21 bits per heavy atom. The first-order valence-electron chi connectivity index (χ1n) is 9.47. The molecule has 28 heavy (non-hydrogen) atoms. The molecule has 2 fully saturated rings. The van der Waals surface area contributed by atoms with Crippen LogP contribution in [-0.2, 0) is 16.1 Å². The number of rotatable bonds is 4. The maximum Gasteiger partial charge on any atom is 0.329 e. The predicted octanol–water partition coefficient (Wildman–Crippen LogP) is 3.69. The van der Waals surface area contributed by atoms with Gasteiger partial charge in [-0.25, -0.2) is 14.7 Å². The van der Waals surface area contributed by atoms with Gasteiger partial charge < -0.3 is 14.8 Å². The van der Waals surface area contributed by atoms with Crippen LogP contribution in [0.15, 0.2) is 36.5 Å². The number of aromatic nitrogens is 1. The number of imide groups is 1. The van der Waals surface area contributed by atoms with E-state index >= 15 is 0 Å². The second kappa shape index (κ2) is 6.04. The van der Waals surface area contributed by atoms with Gasteiger partial charge in [0.05, 0.1) is 24.6 Å². The molecule has 1 saturated carbocycles. The van der Waals surface area contributed by atoms with Crippen molar-refractivity contribution in [1.82, 2.24) is 10.3 Å². The Morgan fingerprint density at radius 3 is 2.68 bits per heavy atom. The smallest absolute Gasteiger partial charge is 0.329 e. The van der Waals surface area contributed by atoms with Crippen molar-refractivity contribution in [2.45, 2.75) is 44.9 Å². The fourth-order valence-corrected chi connectivity index (χ4v) is 3.76. The molecule has 1 saturated heterocycles. The molecule has 1 aliphatic carbocycles. The van der Waals surface area contributed by atoms with E-state index in [-0.39, 0.29) is 12.0 Å². The minimum atomic E-state index is -0.920. The number of nitrogens with one attached hydrogen (secondary N) is 1. The van der Waals surface area contributed by atoms with Crippen LogP contribution in [0.4, 0.5) is 10.5 Å². The molecule has 3 amide bonds. The molecule has 1 atom stereocenters. The summed E-state index contributed by atoms with van der Waals surface area (Å²) in [4.78, 5) is 29.9. The summed E-state index contributed by atoms with van der Waals surface area (Å²) >= 11 is 0. The van der Waals surface area contributed by atoms with Crippen LogP contribution in [-0.4, -0.2) is 22.5 Å². The van der Waals surface area contributed by atoms with Gasteiger partial charge in [0, 0.05) is 6.07 Å². The molecule has 1 aromatic heterocycles. The maximum atomic E-state index is 12.4. The van der Waals surface area contributed by atoms with Crippen LogP contribution in [0.1, 0.15) is 43.9 Å². The number of nitrogens with zero attached hydrogens (tertiary/aromatic N) is 2. The number of hydrogen-bond acceptors (Lipinski definition) is 5. The number of carbonyl (C=O) groups is 2. The van der Waals surface area contributed by atoms with Crippen LogP contribution >= 0.6 is 0 Å². The van der Waals surface area contributed by atoms with E-state index in [1.807, 2.05) is 18.2 Å². The lowest BCUT2D eigenvalue weighted by Gasteiger charge is -2.16. The molecule has 0 bridgehead atoms. The summed E-state index contributed by atoms with van der Waals surface area (Å²) in [5.74, 6) is 1.42. The number of hydrogen-bond donors (Lipinski definition) is 1. The second-order valence-electron chi connectivity index (χ2n) is 8.08. The molecule has 2 aromatic rings. The molecule has 144 valence electrons. The monoisotopic (exact) mass is 379 g/mol. The Labute approximate surface area is 162 Å². The van der Waals surface area contributed by atoms with Crippen LogP contribution < -0.4 is 15.0 Å². The number of anilines is 1. The Morgan fingerprint density at radius 2 is 2.04 bits per heavy atom. The molecule has 7 heteroatoms. The molecule has 0 spiro atoms. The van der Waals surface area contributed by atoms with Crippen LogP contribution in [0.3, 0.4) is 0 Å². The first-order valence-corrected chi connectivity index (χ1v) is 9.47. The van der Waals surface area contributed by atoms with Gasteiger partial charge in [-0.3, -0.25) is 4.79 Å². The molecule has 5 rings (SSSR count). The van der Waals surface area contributed by atoms with Gasteiger partial charge in [0.25, 0.3) is 5.91 Å². The molecular weight excluding hydrogens is 358 g/mol. The quantitative estimate of drug-likeness (QED) is 0.820. The lowest BCUT2D eigenvalue weighted by Crippen LogP contribution is -2.40. The van der Waals surface area contributed by atoms with E-state index in [1.165, 1.54) is 30.2 Å². The molecule has 0 radical (unpaired) electrons. The van der Waals surface area contributed by atoms with E-state index in [4.69, 9.17) is 9.47 Å². The van der Waals surface area contributed by atoms with Crippen LogP contribution in [0.5, 0.6) is 11.6 Å². The van der Waals surface area contributed by atoms with Gasteiger partial charge in [-0.15, -0.1) is 0 Å². The largest absolute Gasteiger partial charge is 0.439 e. The average Bonchev–Trinajstić information content (AvgIpc) is 3.37. The fourth-order valence-electron chi connectivity index (χ4n) is 3.76. The standard InChI is InChI=1S/C21H21N3O4/c1-21(2)19(25)24(20(26)23-21)14-6-8-17(22-10-14)28-15-7-5-13-11-27-18(12-3-4-12)16(13)9-15/h5-10,12,18H,3-4,11H2,1-2H3,(H,23,26)/t18-/m0/s1. The summed E-state index contributed by atoms with van der Waals surface area (Å²) in [5, 5.41) is 2.65. The SMILES string of the molecule is CC1(C)NC(=O)N(c2ccc(Oc3ccc4c(c3)[C@H](C3CC3)OC4)nc2)C1=O. The topological polar surface area (TPSA) is 80.8 Å². The molecule has 3 heterocycles. The number of amides is 3. The second-order valence-corrected chi connectivity index (χ2v) is 8.08. The number of urea groups is 1. The third-order valence-electron chi connectivity index (χ3n) is 5.45. The Bertz CT molecular complexity index is 966. The summed E-state index contributed by atoms with van der Waals surface area (Å²) in [7, 11) is 0. The Hall–Kier alpha value is -2.93. The normalized spacial score (nSPS) is 22.9. The number of benzene rings is 1. The van der Waals surface area contributed by atoms with Gasteiger partial charge in [-0.05, 0) is 61.9 Å². The van der Waals surface area contributed by atoms with E-state index in [2.05, 4.69) is 10.3 Å². The highest BCUT2D eigenvalue weighted by molar-refractivity contribution is 6.22. The zero-order valence-corrected chi connectivity index (χ0v) is 15.8. The van der Waals surface area contributed by atoms with E-state index < -0.39 is 11.6 Å². The van der Waals surface area contributed by atoms with E-state index in [0.29, 0.717) is 29.8 Å². The van der Waals surface area contributed by atoms with Crippen molar-refractivity contribution in [3.8, 4) is 11.6 Å². The predicted molar refractivity (Wildman–Crippen MR) is 101 cm³/mol. The highest BCUT2D eigenvalue weighted by Crippen LogP contribution is 2.48. The summed E-state index contributed by atoms with van der Waals surface area (Å²) in [6.07, 6.45) is 4.09. The molecule has 0 unspecified atom stereocenters. The van der Waals surface area contributed by atoms with Gasteiger partial charge in [-0.1, -0.05) is 6.07 Å². The Kier molecular flexibility index (Phi) is 3.71. The highest BCUT2D eigenvalue weighted by Gasteiger charge is 2.45.